The first-order valence-corrected chi connectivity index (χ1v) is 10.2. The Morgan fingerprint density at radius 2 is 1.93 bits per heavy atom. The number of hydrogen-bond donors (Lipinski definition) is 1. The minimum absolute atomic E-state index is 0.125. The maximum atomic E-state index is 13.3. The summed E-state index contributed by atoms with van der Waals surface area (Å²) in [5.74, 6) is 0.718. The van der Waals surface area contributed by atoms with Crippen LogP contribution in [0.4, 0.5) is 11.4 Å². The highest BCUT2D eigenvalue weighted by atomic mass is 16.5. The average molecular weight is 406 g/mol. The van der Waals surface area contributed by atoms with Crippen molar-refractivity contribution in [1.82, 2.24) is 0 Å². The standard InChI is InChI=1S/C24H26N2O4/c1-4-20-17-11-7-8-12-18(17)24(28)26(20)21-14-23(30-16-9-5-6-10-16)22(29-3)13-19(21)25-15(2)27/h4,7-8,11-14,16,20H,1,5-6,9-10H2,2-3H3,(H,25,27). The van der Waals surface area contributed by atoms with E-state index >= 15 is 0 Å². The first-order chi connectivity index (χ1) is 14.5. The first-order valence-electron chi connectivity index (χ1n) is 10.2. The first kappa shape index (κ1) is 20.0. The zero-order valence-electron chi connectivity index (χ0n) is 17.3. The Bertz CT molecular complexity index is 995. The molecule has 0 spiro atoms. The van der Waals surface area contributed by atoms with Crippen LogP contribution >= 0.6 is 0 Å². The number of methoxy groups -OCH3 is 1. The molecule has 30 heavy (non-hydrogen) atoms. The van der Waals surface area contributed by atoms with Crippen LogP contribution in [-0.2, 0) is 4.79 Å². The number of carbonyl (C=O) groups is 2. The Kier molecular flexibility index (Phi) is 5.48. The molecule has 1 aliphatic carbocycles. The summed E-state index contributed by atoms with van der Waals surface area (Å²) in [6, 6.07) is 10.7. The van der Waals surface area contributed by atoms with Crippen LogP contribution in [0.2, 0.25) is 0 Å². The van der Waals surface area contributed by atoms with Gasteiger partial charge >= 0.3 is 0 Å². The van der Waals surface area contributed by atoms with Crippen LogP contribution in [0.1, 0.15) is 54.6 Å². The minimum atomic E-state index is -0.339. The predicted molar refractivity (Wildman–Crippen MR) is 116 cm³/mol. The topological polar surface area (TPSA) is 67.9 Å². The lowest BCUT2D eigenvalue weighted by Gasteiger charge is -2.27. The molecule has 0 saturated heterocycles. The number of amides is 2. The summed E-state index contributed by atoms with van der Waals surface area (Å²) in [5.41, 5.74) is 2.57. The molecule has 1 N–H and O–H groups in total. The van der Waals surface area contributed by atoms with Crippen LogP contribution in [-0.4, -0.2) is 25.0 Å². The van der Waals surface area contributed by atoms with Crippen molar-refractivity contribution < 1.29 is 19.1 Å². The summed E-state index contributed by atoms with van der Waals surface area (Å²) in [6.07, 6.45) is 6.14. The Balaban J connectivity index is 1.83. The summed E-state index contributed by atoms with van der Waals surface area (Å²) in [5, 5.41) is 2.84. The van der Waals surface area contributed by atoms with Crippen LogP contribution in [0.3, 0.4) is 0 Å². The minimum Gasteiger partial charge on any atom is -0.493 e. The van der Waals surface area contributed by atoms with Crippen molar-refractivity contribution in [3.63, 3.8) is 0 Å². The van der Waals surface area contributed by atoms with Crippen molar-refractivity contribution in [2.45, 2.75) is 44.8 Å². The molecule has 1 atom stereocenters. The van der Waals surface area contributed by atoms with E-state index in [2.05, 4.69) is 11.9 Å². The molecular weight excluding hydrogens is 380 g/mol. The molecule has 156 valence electrons. The zero-order valence-corrected chi connectivity index (χ0v) is 17.3. The van der Waals surface area contributed by atoms with Crippen molar-refractivity contribution in [2.75, 3.05) is 17.3 Å². The number of anilines is 2. The molecule has 4 rings (SSSR count). The van der Waals surface area contributed by atoms with E-state index in [1.807, 2.05) is 24.3 Å². The molecule has 1 unspecified atom stereocenters. The molecule has 2 amide bonds. The van der Waals surface area contributed by atoms with E-state index in [1.165, 1.54) is 6.92 Å². The number of ether oxygens (including phenoxy) is 2. The number of benzene rings is 2. The van der Waals surface area contributed by atoms with Crippen molar-refractivity contribution >= 4 is 23.2 Å². The van der Waals surface area contributed by atoms with E-state index in [4.69, 9.17) is 9.47 Å². The summed E-state index contributed by atoms with van der Waals surface area (Å²) < 4.78 is 11.8. The predicted octanol–water partition coefficient (Wildman–Crippen LogP) is 4.86. The maximum absolute atomic E-state index is 13.3. The van der Waals surface area contributed by atoms with E-state index in [-0.39, 0.29) is 24.0 Å². The number of hydrogen-bond acceptors (Lipinski definition) is 4. The molecule has 1 saturated carbocycles. The van der Waals surface area contributed by atoms with Gasteiger partial charge in [0, 0.05) is 24.6 Å². The van der Waals surface area contributed by atoms with Gasteiger partial charge in [-0.1, -0.05) is 24.3 Å². The van der Waals surface area contributed by atoms with Crippen LogP contribution in [0.15, 0.2) is 49.1 Å². The van der Waals surface area contributed by atoms with Gasteiger partial charge in [0.1, 0.15) is 0 Å². The fourth-order valence-corrected chi connectivity index (χ4v) is 4.31. The number of rotatable bonds is 6. The van der Waals surface area contributed by atoms with Gasteiger partial charge in [-0.15, -0.1) is 6.58 Å². The highest BCUT2D eigenvalue weighted by molar-refractivity contribution is 6.13. The van der Waals surface area contributed by atoms with Crippen LogP contribution in [0.25, 0.3) is 0 Å². The SMILES string of the molecule is C=CC1c2ccccc2C(=O)N1c1cc(OC2CCCC2)c(OC)cc1NC(C)=O. The van der Waals surface area contributed by atoms with E-state index in [0.717, 1.165) is 31.2 Å². The van der Waals surface area contributed by atoms with Gasteiger partial charge < -0.3 is 14.8 Å². The molecule has 0 bridgehead atoms. The second-order valence-electron chi connectivity index (χ2n) is 7.67. The quantitative estimate of drug-likeness (QED) is 0.696. The van der Waals surface area contributed by atoms with Gasteiger partial charge in [-0.3, -0.25) is 14.5 Å². The molecule has 6 heteroatoms. The molecule has 2 aromatic carbocycles. The van der Waals surface area contributed by atoms with E-state index in [9.17, 15) is 9.59 Å². The average Bonchev–Trinajstić information content (AvgIpc) is 3.34. The van der Waals surface area contributed by atoms with Crippen LogP contribution in [0, 0.1) is 0 Å². The summed E-state index contributed by atoms with van der Waals surface area (Å²) >= 11 is 0. The van der Waals surface area contributed by atoms with E-state index < -0.39 is 0 Å². The summed E-state index contributed by atoms with van der Waals surface area (Å²) in [7, 11) is 1.57. The van der Waals surface area contributed by atoms with Crippen molar-refractivity contribution in [3.8, 4) is 11.5 Å². The largest absolute Gasteiger partial charge is 0.493 e. The fraction of sp³-hybridized carbons (Fsp3) is 0.333. The summed E-state index contributed by atoms with van der Waals surface area (Å²) in [4.78, 5) is 26.9. The number of nitrogens with one attached hydrogen (secondary N) is 1. The number of carbonyl (C=O) groups excluding carboxylic acids is 2. The van der Waals surface area contributed by atoms with Crippen LogP contribution in [0.5, 0.6) is 11.5 Å². The molecule has 1 heterocycles. The maximum Gasteiger partial charge on any atom is 0.259 e. The highest BCUT2D eigenvalue weighted by Crippen LogP contribution is 2.46. The second kappa shape index (κ2) is 8.22. The smallest absolute Gasteiger partial charge is 0.259 e. The lowest BCUT2D eigenvalue weighted by molar-refractivity contribution is -0.114. The van der Waals surface area contributed by atoms with Crippen molar-refractivity contribution in [3.05, 3.63) is 60.2 Å². The normalized spacial score (nSPS) is 18.3. The van der Waals surface area contributed by atoms with Gasteiger partial charge in [0.15, 0.2) is 11.5 Å². The van der Waals surface area contributed by atoms with Gasteiger partial charge in [0.05, 0.1) is 30.6 Å². The Morgan fingerprint density at radius 3 is 2.60 bits per heavy atom. The molecule has 0 aromatic heterocycles. The third-order valence-electron chi connectivity index (χ3n) is 5.68. The molecule has 6 nitrogen and oxygen atoms in total. The van der Waals surface area contributed by atoms with Gasteiger partial charge in [-0.2, -0.15) is 0 Å². The van der Waals surface area contributed by atoms with Crippen molar-refractivity contribution in [2.24, 2.45) is 0 Å². The van der Waals surface area contributed by atoms with E-state index in [0.29, 0.717) is 28.4 Å². The monoisotopic (exact) mass is 406 g/mol. The second-order valence-corrected chi connectivity index (χ2v) is 7.67. The molecule has 2 aliphatic rings. The van der Waals surface area contributed by atoms with Gasteiger partial charge in [-0.25, -0.2) is 0 Å². The van der Waals surface area contributed by atoms with Gasteiger partial charge in [0.25, 0.3) is 5.91 Å². The highest BCUT2D eigenvalue weighted by Gasteiger charge is 2.37. The molecule has 0 radical (unpaired) electrons. The number of fused-ring (bicyclic) bond motifs is 1. The lowest BCUT2D eigenvalue weighted by atomic mass is 10.0. The van der Waals surface area contributed by atoms with Crippen LogP contribution < -0.4 is 19.7 Å². The Labute approximate surface area is 176 Å². The fourth-order valence-electron chi connectivity index (χ4n) is 4.31. The third-order valence-corrected chi connectivity index (χ3v) is 5.68. The molecule has 2 aromatic rings. The lowest BCUT2D eigenvalue weighted by Crippen LogP contribution is -2.28. The van der Waals surface area contributed by atoms with Gasteiger partial charge in [0.2, 0.25) is 5.91 Å². The van der Waals surface area contributed by atoms with Crippen molar-refractivity contribution in [1.29, 1.82) is 0 Å². The van der Waals surface area contributed by atoms with E-state index in [1.54, 1.807) is 30.2 Å². The zero-order chi connectivity index (χ0) is 21.3. The van der Waals surface area contributed by atoms with Gasteiger partial charge in [-0.05, 0) is 37.3 Å². The summed E-state index contributed by atoms with van der Waals surface area (Å²) in [6.45, 7) is 5.38. The molecular formula is C24H26N2O4. The third kappa shape index (κ3) is 3.54. The Hall–Kier alpha value is -3.28. The molecule has 1 aliphatic heterocycles. The molecule has 1 fully saturated rings. The Morgan fingerprint density at radius 1 is 1.20 bits per heavy atom. The number of nitrogens with zero attached hydrogens (tertiary/aromatic N) is 1.